The van der Waals surface area contributed by atoms with Crippen LogP contribution < -0.4 is 5.32 Å². The summed E-state index contributed by atoms with van der Waals surface area (Å²) in [6, 6.07) is 0.484. The van der Waals surface area contributed by atoms with Crippen LogP contribution in [-0.2, 0) is 4.74 Å². The topological polar surface area (TPSA) is 34.2 Å². The summed E-state index contributed by atoms with van der Waals surface area (Å²) < 4.78 is 5.81. The standard InChI is InChI=1S/C12H18N2OS/c1-7-8(2)16-12(13-7)14-10-5-6-15-11(10)9-3-4-9/h9-11H,3-6H2,1-2H3,(H,13,14). The van der Waals surface area contributed by atoms with Crippen LogP contribution in [0.25, 0.3) is 0 Å². The van der Waals surface area contributed by atoms with Gasteiger partial charge in [-0.2, -0.15) is 0 Å². The van der Waals surface area contributed by atoms with Crippen molar-refractivity contribution in [3.63, 3.8) is 0 Å². The van der Waals surface area contributed by atoms with Crippen molar-refractivity contribution in [2.24, 2.45) is 5.92 Å². The minimum atomic E-state index is 0.435. The Labute approximate surface area is 100 Å². The fraction of sp³-hybridized carbons (Fsp3) is 0.750. The van der Waals surface area contributed by atoms with Gasteiger partial charge in [0.2, 0.25) is 0 Å². The van der Waals surface area contributed by atoms with Gasteiger partial charge < -0.3 is 10.1 Å². The molecular formula is C12H18N2OS. The molecule has 3 nitrogen and oxygen atoms in total. The third-order valence-corrected chi connectivity index (χ3v) is 4.56. The minimum Gasteiger partial charge on any atom is -0.376 e. The number of rotatable bonds is 3. The quantitative estimate of drug-likeness (QED) is 0.879. The van der Waals surface area contributed by atoms with Gasteiger partial charge in [0, 0.05) is 11.5 Å². The predicted octanol–water partition coefficient (Wildman–Crippen LogP) is 2.74. The molecule has 2 heterocycles. The number of nitrogens with zero attached hydrogens (tertiary/aromatic N) is 1. The second kappa shape index (κ2) is 4.00. The van der Waals surface area contributed by atoms with E-state index in [4.69, 9.17) is 4.74 Å². The third-order valence-electron chi connectivity index (χ3n) is 3.56. The molecular weight excluding hydrogens is 220 g/mol. The SMILES string of the molecule is Cc1nc(NC2CCOC2C2CC2)sc1C. The Kier molecular flexibility index (Phi) is 2.64. The fourth-order valence-electron chi connectivity index (χ4n) is 2.35. The second-order valence-electron chi connectivity index (χ2n) is 4.87. The highest BCUT2D eigenvalue weighted by molar-refractivity contribution is 7.15. The largest absolute Gasteiger partial charge is 0.376 e. The number of aryl methyl sites for hydroxylation is 2. The maximum Gasteiger partial charge on any atom is 0.183 e. The van der Waals surface area contributed by atoms with E-state index in [1.807, 2.05) is 0 Å². The van der Waals surface area contributed by atoms with Crippen LogP contribution in [0, 0.1) is 19.8 Å². The van der Waals surface area contributed by atoms with E-state index in [1.165, 1.54) is 17.7 Å². The van der Waals surface area contributed by atoms with E-state index in [0.29, 0.717) is 12.1 Å². The minimum absolute atomic E-state index is 0.435. The van der Waals surface area contributed by atoms with E-state index in [2.05, 4.69) is 24.1 Å². The fourth-order valence-corrected chi connectivity index (χ4v) is 3.22. The van der Waals surface area contributed by atoms with E-state index in [0.717, 1.165) is 29.8 Å². The van der Waals surface area contributed by atoms with E-state index in [-0.39, 0.29) is 0 Å². The average Bonchev–Trinajstić information content (AvgIpc) is 2.91. The van der Waals surface area contributed by atoms with Crippen LogP contribution in [0.5, 0.6) is 0 Å². The molecule has 0 aromatic carbocycles. The van der Waals surface area contributed by atoms with Gasteiger partial charge in [-0.3, -0.25) is 0 Å². The van der Waals surface area contributed by atoms with Crippen LogP contribution in [0.3, 0.4) is 0 Å². The maximum atomic E-state index is 5.81. The zero-order valence-electron chi connectivity index (χ0n) is 9.82. The van der Waals surface area contributed by atoms with E-state index in [1.54, 1.807) is 11.3 Å². The first-order valence-electron chi connectivity index (χ1n) is 6.06. The summed E-state index contributed by atoms with van der Waals surface area (Å²) in [5, 5.41) is 4.62. The number of hydrogen-bond acceptors (Lipinski definition) is 4. The number of aromatic nitrogens is 1. The number of thiazole rings is 1. The van der Waals surface area contributed by atoms with Crippen LogP contribution in [0.1, 0.15) is 29.8 Å². The van der Waals surface area contributed by atoms with Gasteiger partial charge >= 0.3 is 0 Å². The molecule has 2 fully saturated rings. The van der Waals surface area contributed by atoms with Crippen molar-refractivity contribution in [2.75, 3.05) is 11.9 Å². The molecule has 1 aromatic heterocycles. The van der Waals surface area contributed by atoms with E-state index in [9.17, 15) is 0 Å². The zero-order chi connectivity index (χ0) is 11.1. The molecule has 1 aliphatic carbocycles. The summed E-state index contributed by atoms with van der Waals surface area (Å²) in [5.74, 6) is 0.808. The van der Waals surface area contributed by atoms with E-state index < -0.39 is 0 Å². The monoisotopic (exact) mass is 238 g/mol. The first-order chi connectivity index (χ1) is 7.74. The highest BCUT2D eigenvalue weighted by atomic mass is 32.1. The number of nitrogens with one attached hydrogen (secondary N) is 1. The van der Waals surface area contributed by atoms with Crippen LogP contribution >= 0.6 is 11.3 Å². The number of anilines is 1. The Morgan fingerprint density at radius 3 is 2.75 bits per heavy atom. The molecule has 2 atom stereocenters. The molecule has 1 saturated heterocycles. The van der Waals surface area contributed by atoms with Gasteiger partial charge in [0.05, 0.1) is 17.8 Å². The molecule has 16 heavy (non-hydrogen) atoms. The molecule has 0 bridgehead atoms. The highest BCUT2D eigenvalue weighted by Gasteiger charge is 2.40. The molecule has 0 radical (unpaired) electrons. The number of ether oxygens (including phenoxy) is 1. The zero-order valence-corrected chi connectivity index (χ0v) is 10.6. The van der Waals surface area contributed by atoms with Gasteiger partial charge in [-0.1, -0.05) is 0 Å². The molecule has 1 N–H and O–H groups in total. The van der Waals surface area contributed by atoms with Crippen molar-refractivity contribution in [3.8, 4) is 0 Å². The first-order valence-corrected chi connectivity index (χ1v) is 6.88. The Morgan fingerprint density at radius 2 is 2.12 bits per heavy atom. The molecule has 2 aliphatic rings. The van der Waals surface area contributed by atoms with Crippen LogP contribution in [0.2, 0.25) is 0 Å². The van der Waals surface area contributed by atoms with Crippen molar-refractivity contribution in [2.45, 2.75) is 45.3 Å². The summed E-state index contributed by atoms with van der Waals surface area (Å²) in [6.45, 7) is 5.10. The van der Waals surface area contributed by atoms with Gasteiger partial charge in [0.15, 0.2) is 5.13 Å². The lowest BCUT2D eigenvalue weighted by Crippen LogP contribution is -2.30. The van der Waals surface area contributed by atoms with Gasteiger partial charge in [0.1, 0.15) is 0 Å². The van der Waals surface area contributed by atoms with Crippen molar-refractivity contribution in [1.29, 1.82) is 0 Å². The smallest absolute Gasteiger partial charge is 0.183 e. The molecule has 0 amide bonds. The highest BCUT2D eigenvalue weighted by Crippen LogP contribution is 2.39. The molecule has 3 rings (SSSR count). The van der Waals surface area contributed by atoms with Gasteiger partial charge in [0.25, 0.3) is 0 Å². The predicted molar refractivity (Wildman–Crippen MR) is 66.1 cm³/mol. The molecule has 0 spiro atoms. The van der Waals surface area contributed by atoms with E-state index >= 15 is 0 Å². The van der Waals surface area contributed by atoms with Gasteiger partial charge in [-0.25, -0.2) is 4.98 Å². The summed E-state index contributed by atoms with van der Waals surface area (Å²) in [6.07, 6.45) is 4.25. The van der Waals surface area contributed by atoms with Crippen molar-refractivity contribution < 1.29 is 4.74 Å². The van der Waals surface area contributed by atoms with Crippen LogP contribution in [0.4, 0.5) is 5.13 Å². The first kappa shape index (κ1) is 10.5. The summed E-state index contributed by atoms with van der Waals surface area (Å²) in [5.41, 5.74) is 1.15. The summed E-state index contributed by atoms with van der Waals surface area (Å²) in [7, 11) is 0. The molecule has 88 valence electrons. The van der Waals surface area contributed by atoms with Crippen molar-refractivity contribution in [3.05, 3.63) is 10.6 Å². The van der Waals surface area contributed by atoms with Gasteiger partial charge in [-0.05, 0) is 39.0 Å². The Hall–Kier alpha value is -0.610. The molecule has 1 aliphatic heterocycles. The molecule has 1 saturated carbocycles. The second-order valence-corrected chi connectivity index (χ2v) is 6.08. The molecule has 2 unspecified atom stereocenters. The maximum absolute atomic E-state index is 5.81. The van der Waals surface area contributed by atoms with Crippen LogP contribution in [-0.4, -0.2) is 23.7 Å². The lowest BCUT2D eigenvalue weighted by atomic mass is 10.1. The van der Waals surface area contributed by atoms with Gasteiger partial charge in [-0.15, -0.1) is 11.3 Å². The molecule has 1 aromatic rings. The van der Waals surface area contributed by atoms with Crippen molar-refractivity contribution in [1.82, 2.24) is 4.98 Å². The van der Waals surface area contributed by atoms with Crippen molar-refractivity contribution >= 4 is 16.5 Å². The summed E-state index contributed by atoms with van der Waals surface area (Å²) in [4.78, 5) is 5.85. The Balaban J connectivity index is 1.69. The molecule has 4 heteroatoms. The third kappa shape index (κ3) is 1.96. The summed E-state index contributed by atoms with van der Waals surface area (Å²) >= 11 is 1.76. The normalized spacial score (nSPS) is 29.6. The lowest BCUT2D eigenvalue weighted by molar-refractivity contribution is 0.0898. The lowest BCUT2D eigenvalue weighted by Gasteiger charge is -2.18. The average molecular weight is 238 g/mol. The Morgan fingerprint density at radius 1 is 1.31 bits per heavy atom. The van der Waals surface area contributed by atoms with Crippen LogP contribution in [0.15, 0.2) is 0 Å². The Bertz CT molecular complexity index is 367. The number of hydrogen-bond donors (Lipinski definition) is 1.